The van der Waals surface area contributed by atoms with Crippen LogP contribution >= 0.6 is 18.0 Å². The highest BCUT2D eigenvalue weighted by molar-refractivity contribution is 8.57. The summed E-state index contributed by atoms with van der Waals surface area (Å²) in [4.78, 5) is 23.2. The molecule has 0 aromatic rings. The van der Waals surface area contributed by atoms with E-state index in [1.54, 1.807) is 14.0 Å². The second-order valence-electron chi connectivity index (χ2n) is 3.97. The van der Waals surface area contributed by atoms with Crippen molar-refractivity contribution in [1.29, 1.82) is 0 Å². The van der Waals surface area contributed by atoms with Gasteiger partial charge in [-0.2, -0.15) is 0 Å². The van der Waals surface area contributed by atoms with Crippen molar-refractivity contribution in [2.24, 2.45) is 0 Å². The van der Waals surface area contributed by atoms with Crippen molar-refractivity contribution >= 4 is 29.9 Å². The molecule has 1 amide bonds. The van der Waals surface area contributed by atoms with Gasteiger partial charge >= 0.3 is 5.97 Å². The lowest BCUT2D eigenvalue weighted by Crippen LogP contribution is -2.30. The molecule has 0 bridgehead atoms. The summed E-state index contributed by atoms with van der Waals surface area (Å²) in [6, 6.07) is 0. The maximum Gasteiger partial charge on any atom is 0.315 e. The summed E-state index contributed by atoms with van der Waals surface area (Å²) in [6.07, 6.45) is 0.452. The summed E-state index contributed by atoms with van der Waals surface area (Å²) >= 11 is 1.22. The van der Waals surface area contributed by atoms with Gasteiger partial charge in [0, 0.05) is 12.3 Å². The Kier molecular flexibility index (Phi) is 8.38. The van der Waals surface area contributed by atoms with Gasteiger partial charge in [0.25, 0.3) is 6.65 Å². The maximum absolute atomic E-state index is 12.6. The molecule has 0 heterocycles. The van der Waals surface area contributed by atoms with Crippen molar-refractivity contribution in [3.8, 4) is 0 Å². The number of carbonyl (C=O) groups excluding carboxylic acids is 2. The van der Waals surface area contributed by atoms with Crippen LogP contribution in [0.3, 0.4) is 0 Å². The molecular formula is C11H23N2O4PS. The highest BCUT2D eigenvalue weighted by Gasteiger charge is 2.33. The highest BCUT2D eigenvalue weighted by Crippen LogP contribution is 2.59. The number of amides is 1. The van der Waals surface area contributed by atoms with Gasteiger partial charge in [-0.1, -0.05) is 25.2 Å². The molecule has 19 heavy (non-hydrogen) atoms. The molecule has 1 N–H and O–H groups in total. The van der Waals surface area contributed by atoms with Crippen LogP contribution in [0.5, 0.6) is 0 Å². The van der Waals surface area contributed by atoms with Gasteiger partial charge in [0.1, 0.15) is 6.42 Å². The maximum atomic E-state index is 12.6. The van der Waals surface area contributed by atoms with Gasteiger partial charge < -0.3 is 4.74 Å². The third kappa shape index (κ3) is 5.97. The van der Waals surface area contributed by atoms with Gasteiger partial charge in [-0.25, -0.2) is 5.09 Å². The average Bonchev–Trinajstić information content (AvgIpc) is 2.37. The fourth-order valence-corrected chi connectivity index (χ4v) is 5.66. The van der Waals surface area contributed by atoms with Crippen LogP contribution in [0.15, 0.2) is 0 Å². The Morgan fingerprint density at radius 2 is 2.00 bits per heavy atom. The number of hydrogen-bond donors (Lipinski definition) is 1. The number of esters is 1. The zero-order valence-electron chi connectivity index (χ0n) is 12.1. The second kappa shape index (κ2) is 8.61. The van der Waals surface area contributed by atoms with E-state index in [0.717, 1.165) is 11.1 Å². The van der Waals surface area contributed by atoms with Crippen molar-refractivity contribution < 1.29 is 18.9 Å². The van der Waals surface area contributed by atoms with Crippen molar-refractivity contribution in [3.63, 3.8) is 0 Å². The Hall–Kier alpha value is -0.520. The highest BCUT2D eigenvalue weighted by atomic mass is 32.7. The number of hydrogen-bond acceptors (Lipinski definition) is 5. The summed E-state index contributed by atoms with van der Waals surface area (Å²) in [6.45, 7) is 2.77. The molecule has 0 aliphatic heterocycles. The predicted octanol–water partition coefficient (Wildman–Crippen LogP) is 2.26. The summed E-state index contributed by atoms with van der Waals surface area (Å²) in [5.74, 6) is -1.11. The molecule has 0 aromatic carbocycles. The summed E-state index contributed by atoms with van der Waals surface area (Å²) in [5.41, 5.74) is 0. The third-order valence-electron chi connectivity index (χ3n) is 2.54. The molecular weight excluding hydrogens is 287 g/mol. The molecule has 0 spiro atoms. The van der Waals surface area contributed by atoms with Crippen LogP contribution < -0.4 is 5.09 Å². The zero-order chi connectivity index (χ0) is 15.1. The average molecular weight is 310 g/mol. The number of carbonyl (C=O) groups is 2. The molecule has 0 fully saturated rings. The van der Waals surface area contributed by atoms with Crippen LogP contribution in [0.4, 0.5) is 0 Å². The first-order valence-electron chi connectivity index (χ1n) is 6.20. The largest absolute Gasteiger partial charge is 0.466 e. The standard InChI is InChI=1S/C11H23N2O4PS/c1-6-9(3)19-18(16,12-4)13(5)10(14)8-11(15)17-7-2/h9H,6-8H2,1-5H3,(H,12,16). The molecule has 0 saturated carbocycles. The van der Waals surface area contributed by atoms with E-state index in [1.807, 2.05) is 13.8 Å². The van der Waals surface area contributed by atoms with E-state index >= 15 is 0 Å². The first-order chi connectivity index (χ1) is 8.80. The fraction of sp³-hybridized carbons (Fsp3) is 0.818. The van der Waals surface area contributed by atoms with E-state index in [0.29, 0.717) is 0 Å². The zero-order valence-corrected chi connectivity index (χ0v) is 13.8. The Morgan fingerprint density at radius 3 is 2.42 bits per heavy atom. The number of nitrogens with zero attached hydrogens (tertiary/aromatic N) is 1. The molecule has 0 aliphatic carbocycles. The van der Waals surface area contributed by atoms with Crippen molar-refractivity contribution in [1.82, 2.24) is 9.76 Å². The lowest BCUT2D eigenvalue weighted by atomic mass is 10.4. The topological polar surface area (TPSA) is 75.7 Å². The van der Waals surface area contributed by atoms with E-state index in [4.69, 9.17) is 4.74 Å². The molecule has 2 unspecified atom stereocenters. The monoisotopic (exact) mass is 310 g/mol. The normalized spacial score (nSPS) is 15.4. The minimum absolute atomic E-state index is 0.149. The molecule has 2 atom stereocenters. The van der Waals surface area contributed by atoms with Gasteiger partial charge in [0.2, 0.25) is 5.91 Å². The minimum atomic E-state index is -3.05. The third-order valence-corrected chi connectivity index (χ3v) is 8.31. The Labute approximate surface area is 118 Å². The summed E-state index contributed by atoms with van der Waals surface area (Å²) in [7, 11) is 2.98. The van der Waals surface area contributed by atoms with Gasteiger partial charge in [-0.15, -0.1) is 0 Å². The number of rotatable bonds is 8. The van der Waals surface area contributed by atoms with Crippen LogP contribution in [-0.2, 0) is 18.9 Å². The van der Waals surface area contributed by atoms with E-state index < -0.39 is 24.9 Å². The molecule has 8 heteroatoms. The van der Waals surface area contributed by atoms with E-state index in [-0.39, 0.29) is 11.9 Å². The molecule has 0 aliphatic rings. The van der Waals surface area contributed by atoms with Crippen LogP contribution in [0.25, 0.3) is 0 Å². The lowest BCUT2D eigenvalue weighted by molar-refractivity contribution is -0.147. The molecule has 0 aromatic heterocycles. The van der Waals surface area contributed by atoms with E-state index in [2.05, 4.69) is 5.09 Å². The van der Waals surface area contributed by atoms with Crippen LogP contribution in [0, 0.1) is 0 Å². The smallest absolute Gasteiger partial charge is 0.315 e. The SMILES string of the molecule is CCOC(=O)CC(=O)N(C)P(=O)(NC)SC(C)CC. The van der Waals surface area contributed by atoms with Crippen LogP contribution in [0.2, 0.25) is 0 Å². The van der Waals surface area contributed by atoms with Gasteiger partial charge in [-0.3, -0.25) is 18.8 Å². The first kappa shape index (κ1) is 18.5. The molecule has 0 rings (SSSR count). The van der Waals surface area contributed by atoms with Crippen molar-refractivity contribution in [3.05, 3.63) is 0 Å². The summed E-state index contributed by atoms with van der Waals surface area (Å²) in [5, 5.41) is 2.85. The fourth-order valence-electron chi connectivity index (χ4n) is 1.19. The van der Waals surface area contributed by atoms with Crippen molar-refractivity contribution in [2.75, 3.05) is 20.7 Å². The van der Waals surface area contributed by atoms with Crippen LogP contribution in [-0.4, -0.2) is 42.5 Å². The minimum Gasteiger partial charge on any atom is -0.466 e. The first-order valence-corrected chi connectivity index (χ1v) is 9.35. The molecule has 112 valence electrons. The molecule has 0 radical (unpaired) electrons. The second-order valence-corrected chi connectivity index (χ2v) is 9.19. The van der Waals surface area contributed by atoms with Gasteiger partial charge in [0.15, 0.2) is 0 Å². The quantitative estimate of drug-likeness (QED) is 0.421. The Balaban J connectivity index is 4.73. The van der Waals surface area contributed by atoms with E-state index in [9.17, 15) is 14.2 Å². The lowest BCUT2D eigenvalue weighted by Gasteiger charge is -2.28. The number of ether oxygens (including phenoxy) is 1. The van der Waals surface area contributed by atoms with E-state index in [1.165, 1.54) is 18.4 Å². The van der Waals surface area contributed by atoms with Gasteiger partial charge in [-0.05, 0) is 20.4 Å². The predicted molar refractivity (Wildman–Crippen MR) is 78.0 cm³/mol. The van der Waals surface area contributed by atoms with Crippen LogP contribution in [0.1, 0.15) is 33.6 Å². The Bertz CT molecular complexity index is 365. The summed E-state index contributed by atoms with van der Waals surface area (Å²) < 4.78 is 18.5. The molecule has 0 saturated heterocycles. The number of nitrogens with one attached hydrogen (secondary N) is 1. The Morgan fingerprint density at radius 1 is 1.42 bits per heavy atom. The van der Waals surface area contributed by atoms with Crippen molar-refractivity contribution in [2.45, 2.75) is 38.9 Å². The molecule has 6 nitrogen and oxygen atoms in total. The van der Waals surface area contributed by atoms with Gasteiger partial charge in [0.05, 0.1) is 6.61 Å².